The molecule has 0 aliphatic heterocycles. The van der Waals surface area contributed by atoms with Crippen molar-refractivity contribution in [2.45, 2.75) is 13.8 Å². The van der Waals surface area contributed by atoms with Crippen LogP contribution in [0.5, 0.6) is 0 Å². The first-order valence-electron chi connectivity index (χ1n) is 6.36. The van der Waals surface area contributed by atoms with Gasteiger partial charge in [-0.25, -0.2) is 0 Å². The Hall–Kier alpha value is -2.06. The van der Waals surface area contributed by atoms with Crippen LogP contribution in [0.25, 0.3) is 11.0 Å². The first kappa shape index (κ1) is 12.9. The van der Waals surface area contributed by atoms with Crippen LogP contribution in [0.1, 0.15) is 27.2 Å². The molecule has 100 valence electrons. The van der Waals surface area contributed by atoms with E-state index in [1.165, 1.54) is 0 Å². The molecule has 0 unspecified atom stereocenters. The van der Waals surface area contributed by atoms with E-state index >= 15 is 0 Å². The van der Waals surface area contributed by atoms with Crippen LogP contribution in [0, 0.1) is 13.8 Å². The summed E-state index contributed by atoms with van der Waals surface area (Å²) < 4.78 is 5.69. The van der Waals surface area contributed by atoms with Crippen LogP contribution >= 0.6 is 11.6 Å². The van der Waals surface area contributed by atoms with Gasteiger partial charge in [0.2, 0.25) is 5.78 Å². The number of furan rings is 1. The van der Waals surface area contributed by atoms with E-state index in [4.69, 9.17) is 16.0 Å². The van der Waals surface area contributed by atoms with E-state index in [1.54, 1.807) is 12.1 Å². The van der Waals surface area contributed by atoms with Gasteiger partial charge in [-0.3, -0.25) is 4.79 Å². The van der Waals surface area contributed by atoms with E-state index in [0.717, 1.165) is 16.5 Å². The molecule has 0 spiro atoms. The molecule has 3 rings (SSSR count). The summed E-state index contributed by atoms with van der Waals surface area (Å²) >= 11 is 5.99. The molecule has 0 atom stereocenters. The summed E-state index contributed by atoms with van der Waals surface area (Å²) in [6, 6.07) is 12.8. The fourth-order valence-electron chi connectivity index (χ4n) is 2.25. The summed E-state index contributed by atoms with van der Waals surface area (Å²) in [4.78, 5) is 12.5. The van der Waals surface area contributed by atoms with Crippen LogP contribution in [0.3, 0.4) is 0 Å². The zero-order chi connectivity index (χ0) is 14.3. The monoisotopic (exact) mass is 284 g/mol. The third kappa shape index (κ3) is 2.12. The van der Waals surface area contributed by atoms with Crippen molar-refractivity contribution in [1.82, 2.24) is 0 Å². The molecule has 0 aliphatic carbocycles. The highest BCUT2D eigenvalue weighted by Gasteiger charge is 2.19. The summed E-state index contributed by atoms with van der Waals surface area (Å²) in [5.41, 5.74) is 3.26. The molecule has 3 aromatic rings. The number of rotatable bonds is 2. The van der Waals surface area contributed by atoms with Gasteiger partial charge in [0, 0.05) is 21.5 Å². The van der Waals surface area contributed by atoms with Gasteiger partial charge in [0.15, 0.2) is 5.76 Å². The molecule has 0 radical (unpaired) electrons. The topological polar surface area (TPSA) is 30.2 Å². The molecule has 2 nitrogen and oxygen atoms in total. The Labute approximate surface area is 122 Å². The average Bonchev–Trinajstić information content (AvgIpc) is 2.76. The van der Waals surface area contributed by atoms with Gasteiger partial charge in [-0.05, 0) is 32.0 Å². The molecule has 0 N–H and O–H groups in total. The highest BCUT2D eigenvalue weighted by atomic mass is 35.5. The van der Waals surface area contributed by atoms with Gasteiger partial charge in [-0.15, -0.1) is 0 Å². The molecule has 1 heterocycles. The second-order valence-electron chi connectivity index (χ2n) is 4.89. The van der Waals surface area contributed by atoms with Gasteiger partial charge in [0.25, 0.3) is 0 Å². The van der Waals surface area contributed by atoms with Crippen LogP contribution in [-0.4, -0.2) is 5.78 Å². The van der Waals surface area contributed by atoms with Crippen molar-refractivity contribution in [3.05, 3.63) is 69.9 Å². The van der Waals surface area contributed by atoms with Gasteiger partial charge in [0.1, 0.15) is 5.58 Å². The van der Waals surface area contributed by atoms with Crippen LogP contribution in [0.2, 0.25) is 5.02 Å². The third-order valence-electron chi connectivity index (χ3n) is 3.42. The summed E-state index contributed by atoms with van der Waals surface area (Å²) in [6.45, 7) is 3.87. The number of ketones is 1. The average molecular weight is 285 g/mol. The number of carbonyl (C=O) groups excluding carboxylic acids is 1. The number of benzene rings is 2. The molecule has 0 bridgehead atoms. The highest BCUT2D eigenvalue weighted by Crippen LogP contribution is 2.29. The first-order chi connectivity index (χ1) is 9.56. The maximum absolute atomic E-state index is 12.5. The van der Waals surface area contributed by atoms with Gasteiger partial charge in [0.05, 0.1) is 0 Å². The van der Waals surface area contributed by atoms with Crippen molar-refractivity contribution in [2.75, 3.05) is 0 Å². The van der Waals surface area contributed by atoms with Crippen molar-refractivity contribution >= 4 is 28.4 Å². The quantitative estimate of drug-likeness (QED) is 0.624. The number of hydrogen-bond donors (Lipinski definition) is 0. The predicted molar refractivity (Wildman–Crippen MR) is 80.6 cm³/mol. The van der Waals surface area contributed by atoms with Crippen molar-refractivity contribution in [3.8, 4) is 0 Å². The molecular weight excluding hydrogens is 272 g/mol. The first-order valence-corrected chi connectivity index (χ1v) is 6.74. The van der Waals surface area contributed by atoms with Crippen molar-refractivity contribution in [2.24, 2.45) is 0 Å². The number of hydrogen-bond acceptors (Lipinski definition) is 2. The summed E-state index contributed by atoms with van der Waals surface area (Å²) in [6.07, 6.45) is 0. The molecule has 0 fully saturated rings. The lowest BCUT2D eigenvalue weighted by molar-refractivity contribution is 0.101. The molecule has 3 heteroatoms. The lowest BCUT2D eigenvalue weighted by Crippen LogP contribution is -2.01. The van der Waals surface area contributed by atoms with E-state index in [9.17, 15) is 4.79 Å². The number of aryl methyl sites for hydroxylation is 2. The van der Waals surface area contributed by atoms with E-state index in [2.05, 4.69) is 0 Å². The fraction of sp³-hybridized carbons (Fsp3) is 0.118. The lowest BCUT2D eigenvalue weighted by Gasteiger charge is -1.99. The van der Waals surface area contributed by atoms with Crippen LogP contribution < -0.4 is 0 Å². The predicted octanol–water partition coefficient (Wildman–Crippen LogP) is 4.93. The largest absolute Gasteiger partial charge is 0.452 e. The number of halogens is 1. The van der Waals surface area contributed by atoms with Crippen molar-refractivity contribution < 1.29 is 9.21 Å². The Morgan fingerprint density at radius 2 is 1.75 bits per heavy atom. The van der Waals surface area contributed by atoms with Gasteiger partial charge in [-0.2, -0.15) is 0 Å². The highest BCUT2D eigenvalue weighted by molar-refractivity contribution is 6.31. The molecule has 0 aliphatic rings. The third-order valence-corrected chi connectivity index (χ3v) is 3.65. The minimum absolute atomic E-state index is 0.102. The summed E-state index contributed by atoms with van der Waals surface area (Å²) in [5, 5.41) is 1.52. The van der Waals surface area contributed by atoms with Crippen LogP contribution in [0.4, 0.5) is 0 Å². The smallest absolute Gasteiger partial charge is 0.228 e. The van der Waals surface area contributed by atoms with E-state index in [-0.39, 0.29) is 5.78 Å². The number of fused-ring (bicyclic) bond motifs is 1. The van der Waals surface area contributed by atoms with E-state index < -0.39 is 0 Å². The Morgan fingerprint density at radius 3 is 2.45 bits per heavy atom. The van der Waals surface area contributed by atoms with Crippen LogP contribution in [-0.2, 0) is 0 Å². The fourth-order valence-corrected chi connectivity index (χ4v) is 2.42. The van der Waals surface area contributed by atoms with Gasteiger partial charge >= 0.3 is 0 Å². The molecule has 0 amide bonds. The summed E-state index contributed by atoms with van der Waals surface area (Å²) in [5.74, 6) is 0.279. The lowest BCUT2D eigenvalue weighted by atomic mass is 10.0. The van der Waals surface area contributed by atoms with Crippen molar-refractivity contribution in [3.63, 3.8) is 0 Å². The Kier molecular flexibility index (Phi) is 3.11. The zero-order valence-corrected chi connectivity index (χ0v) is 12.0. The molecular formula is C17H13ClO2. The van der Waals surface area contributed by atoms with E-state index in [0.29, 0.717) is 21.9 Å². The van der Waals surface area contributed by atoms with Gasteiger partial charge < -0.3 is 4.42 Å². The Balaban J connectivity index is 2.12. The molecule has 20 heavy (non-hydrogen) atoms. The normalized spacial score (nSPS) is 10.9. The summed E-state index contributed by atoms with van der Waals surface area (Å²) in [7, 11) is 0. The molecule has 2 aromatic carbocycles. The van der Waals surface area contributed by atoms with Crippen molar-refractivity contribution in [1.29, 1.82) is 0 Å². The second-order valence-corrected chi connectivity index (χ2v) is 5.33. The Morgan fingerprint density at radius 1 is 1.05 bits per heavy atom. The standard InChI is InChI=1S/C17H13ClO2/c1-10-3-5-12(6-4-10)16(19)17-11(2)14-9-13(18)7-8-15(14)20-17/h3-9H,1-2H3. The number of carbonyl (C=O) groups is 1. The Bertz CT molecular complexity index is 798. The van der Waals surface area contributed by atoms with Crippen LogP contribution in [0.15, 0.2) is 46.9 Å². The zero-order valence-electron chi connectivity index (χ0n) is 11.2. The SMILES string of the molecule is Cc1ccc(C(=O)c2oc3ccc(Cl)cc3c2C)cc1. The molecule has 0 saturated carbocycles. The molecule has 0 saturated heterocycles. The minimum atomic E-state index is -0.102. The van der Waals surface area contributed by atoms with Gasteiger partial charge in [-0.1, -0.05) is 41.4 Å². The second kappa shape index (κ2) is 4.80. The maximum Gasteiger partial charge on any atom is 0.228 e. The maximum atomic E-state index is 12.5. The van der Waals surface area contributed by atoms with E-state index in [1.807, 2.05) is 44.2 Å². The minimum Gasteiger partial charge on any atom is -0.452 e. The molecule has 1 aromatic heterocycles.